The van der Waals surface area contributed by atoms with Gasteiger partial charge in [-0.05, 0) is 33.9 Å². The van der Waals surface area contributed by atoms with Crippen molar-refractivity contribution >= 4 is 29.6 Å². The largest absolute Gasteiger partial charge is 0.491 e. The molecule has 0 aliphatic carbocycles. The Morgan fingerprint density at radius 1 is 1.07 bits per heavy atom. The van der Waals surface area contributed by atoms with E-state index in [0.717, 1.165) is 38.4 Å². The molecule has 1 atom stereocenters. The molecule has 0 saturated carbocycles. The van der Waals surface area contributed by atoms with Gasteiger partial charge in [0.05, 0.1) is 12.3 Å². The van der Waals surface area contributed by atoms with Crippen LogP contribution in [0.3, 0.4) is 0 Å². The molecule has 3 aromatic rings. The molecule has 3 N–H and O–H groups in total. The maximum Gasteiger partial charge on any atom is 0.488 e. The van der Waals surface area contributed by atoms with Crippen molar-refractivity contribution in [2.45, 2.75) is 12.5 Å². The third-order valence-electron chi connectivity index (χ3n) is 5.28. The van der Waals surface area contributed by atoms with Gasteiger partial charge in [-0.3, -0.25) is 0 Å². The summed E-state index contributed by atoms with van der Waals surface area (Å²) in [6.45, 7) is 3.98. The van der Waals surface area contributed by atoms with Crippen molar-refractivity contribution in [3.8, 4) is 16.9 Å². The Kier molecular flexibility index (Phi) is 6.51. The van der Waals surface area contributed by atoms with Gasteiger partial charge in [-0.2, -0.15) is 11.3 Å². The summed E-state index contributed by atoms with van der Waals surface area (Å²) in [6.07, 6.45) is 1.09. The average Bonchev–Trinajstić information content (AvgIpc) is 3.23. The number of nitrogens with zero attached hydrogens (tertiary/aromatic N) is 1. The summed E-state index contributed by atoms with van der Waals surface area (Å²) in [7, 11) is -1.34. The quantitative estimate of drug-likeness (QED) is 0.569. The van der Waals surface area contributed by atoms with Crippen LogP contribution in [0.2, 0.25) is 0 Å². The highest BCUT2D eigenvalue weighted by Gasteiger charge is 2.28. The lowest BCUT2D eigenvalue weighted by molar-refractivity contribution is 0.305. The zero-order valence-electron chi connectivity index (χ0n) is 16.2. The third kappa shape index (κ3) is 4.65. The topological polar surface area (TPSA) is 65.0 Å². The molecule has 29 heavy (non-hydrogen) atoms. The minimum atomic E-state index is -1.34. The number of para-hydroxylation sites is 1. The van der Waals surface area contributed by atoms with Crippen molar-refractivity contribution in [3.05, 3.63) is 65.4 Å². The Balaban J connectivity index is 0.000000192. The fourth-order valence-corrected chi connectivity index (χ4v) is 4.46. The predicted octanol–water partition coefficient (Wildman–Crippen LogP) is 2.34. The van der Waals surface area contributed by atoms with Gasteiger partial charge in [-0.25, -0.2) is 0 Å². The molecule has 2 aromatic carbocycles. The number of piperazine rings is 1. The first-order valence-electron chi connectivity index (χ1n) is 9.91. The van der Waals surface area contributed by atoms with E-state index in [2.05, 4.69) is 45.2 Å². The van der Waals surface area contributed by atoms with Crippen LogP contribution in [0.4, 0.5) is 5.69 Å². The summed E-state index contributed by atoms with van der Waals surface area (Å²) in [5, 5.41) is 25.0. The van der Waals surface area contributed by atoms with Gasteiger partial charge >= 0.3 is 7.12 Å². The second-order valence-electron chi connectivity index (χ2n) is 7.14. The molecule has 0 bridgehead atoms. The van der Waals surface area contributed by atoms with Gasteiger partial charge in [0.15, 0.2) is 0 Å². The molecule has 0 spiro atoms. The zero-order chi connectivity index (χ0) is 20.1. The second-order valence-corrected chi connectivity index (χ2v) is 7.92. The van der Waals surface area contributed by atoms with E-state index in [1.165, 1.54) is 16.8 Å². The Morgan fingerprint density at radius 3 is 2.66 bits per heavy atom. The summed E-state index contributed by atoms with van der Waals surface area (Å²) in [6, 6.07) is 17.9. The van der Waals surface area contributed by atoms with Crippen molar-refractivity contribution in [1.29, 1.82) is 0 Å². The van der Waals surface area contributed by atoms with Crippen LogP contribution in [0.25, 0.3) is 11.1 Å². The van der Waals surface area contributed by atoms with E-state index < -0.39 is 7.12 Å². The Bertz CT molecular complexity index is 906. The second kappa shape index (κ2) is 9.46. The normalized spacial score (nSPS) is 17.7. The first kappa shape index (κ1) is 20.0. The first-order valence-corrected chi connectivity index (χ1v) is 10.8. The third-order valence-corrected chi connectivity index (χ3v) is 5.96. The molecular weight excluding hydrogens is 383 g/mol. The molecule has 2 aliphatic heterocycles. The lowest BCUT2D eigenvalue weighted by Crippen LogP contribution is -2.51. The van der Waals surface area contributed by atoms with E-state index in [9.17, 15) is 0 Å². The minimum absolute atomic E-state index is 0.525. The first-order chi connectivity index (χ1) is 14.2. The summed E-state index contributed by atoms with van der Waals surface area (Å²) in [5.41, 5.74) is 4.28. The molecule has 0 radical (unpaired) electrons. The lowest BCUT2D eigenvalue weighted by atomic mass is 9.81. The average molecular weight is 408 g/mol. The number of fused-ring (bicyclic) bond motifs is 3. The monoisotopic (exact) mass is 408 g/mol. The molecule has 0 amide bonds. The van der Waals surface area contributed by atoms with Crippen molar-refractivity contribution in [2.24, 2.45) is 0 Å². The Labute approximate surface area is 175 Å². The fraction of sp³-hybridized carbons (Fsp3) is 0.273. The maximum atomic E-state index is 8.58. The molecule has 5 nitrogen and oxygen atoms in total. The van der Waals surface area contributed by atoms with Gasteiger partial charge in [0.25, 0.3) is 0 Å². The van der Waals surface area contributed by atoms with Crippen LogP contribution < -0.4 is 20.4 Å². The van der Waals surface area contributed by atoms with Crippen LogP contribution in [0.5, 0.6) is 5.75 Å². The van der Waals surface area contributed by atoms with Gasteiger partial charge in [0, 0.05) is 37.7 Å². The SMILES string of the molecule is OB(O)c1ccccc1.c1cc(-c2ccsc2)c2c(c1)N1CCNC[C@@H]1CCO2. The van der Waals surface area contributed by atoms with E-state index in [4.69, 9.17) is 14.8 Å². The highest BCUT2D eigenvalue weighted by Crippen LogP contribution is 2.42. The molecule has 0 unspecified atom stereocenters. The highest BCUT2D eigenvalue weighted by molar-refractivity contribution is 7.08. The van der Waals surface area contributed by atoms with E-state index >= 15 is 0 Å². The molecule has 150 valence electrons. The molecular formula is C22H25BN2O3S. The molecule has 3 heterocycles. The van der Waals surface area contributed by atoms with E-state index in [0.29, 0.717) is 11.5 Å². The van der Waals surface area contributed by atoms with Crippen molar-refractivity contribution < 1.29 is 14.8 Å². The van der Waals surface area contributed by atoms with Crippen molar-refractivity contribution in [3.63, 3.8) is 0 Å². The van der Waals surface area contributed by atoms with Crippen LogP contribution in [-0.4, -0.2) is 49.4 Å². The number of hydrogen-bond acceptors (Lipinski definition) is 6. The Morgan fingerprint density at radius 2 is 1.93 bits per heavy atom. The van der Waals surface area contributed by atoms with Crippen LogP contribution in [0.15, 0.2) is 65.4 Å². The van der Waals surface area contributed by atoms with Crippen LogP contribution in [0, 0.1) is 0 Å². The number of thiophene rings is 1. The van der Waals surface area contributed by atoms with Crippen molar-refractivity contribution in [1.82, 2.24) is 5.32 Å². The molecule has 7 heteroatoms. The highest BCUT2D eigenvalue weighted by atomic mass is 32.1. The lowest BCUT2D eigenvalue weighted by Gasteiger charge is -2.36. The number of anilines is 1. The minimum Gasteiger partial charge on any atom is -0.491 e. The molecule has 1 saturated heterocycles. The summed E-state index contributed by atoms with van der Waals surface area (Å²) in [4.78, 5) is 2.52. The van der Waals surface area contributed by atoms with Crippen LogP contribution >= 0.6 is 11.3 Å². The number of nitrogens with one attached hydrogen (secondary N) is 1. The van der Waals surface area contributed by atoms with Gasteiger partial charge in [0.2, 0.25) is 0 Å². The number of hydrogen-bond donors (Lipinski definition) is 3. The van der Waals surface area contributed by atoms with Gasteiger partial charge in [-0.15, -0.1) is 0 Å². The molecule has 1 aromatic heterocycles. The van der Waals surface area contributed by atoms with E-state index in [-0.39, 0.29) is 0 Å². The molecule has 1 fully saturated rings. The van der Waals surface area contributed by atoms with Crippen LogP contribution in [0.1, 0.15) is 6.42 Å². The van der Waals surface area contributed by atoms with Crippen molar-refractivity contribution in [2.75, 3.05) is 31.1 Å². The van der Waals surface area contributed by atoms with Gasteiger partial charge in [-0.1, -0.05) is 42.5 Å². The number of ether oxygens (including phenoxy) is 1. The van der Waals surface area contributed by atoms with E-state index in [1.54, 1.807) is 35.6 Å². The van der Waals surface area contributed by atoms with E-state index in [1.807, 2.05) is 6.07 Å². The zero-order valence-corrected chi connectivity index (χ0v) is 17.0. The van der Waals surface area contributed by atoms with Gasteiger partial charge < -0.3 is 25.0 Å². The summed E-state index contributed by atoms with van der Waals surface area (Å²) < 4.78 is 6.13. The standard InChI is InChI=1S/C16H18N2OS.C6H7BO2/c1-2-14(12-5-9-20-11-12)16-15(3-1)18-7-6-17-10-13(18)4-8-19-16;8-7(9)6-4-2-1-3-5-6/h1-3,5,9,11,13,17H,4,6-8,10H2;1-5,8-9H/t13-;/m0./s1. The number of rotatable bonds is 2. The summed E-state index contributed by atoms with van der Waals surface area (Å²) >= 11 is 1.73. The fourth-order valence-electron chi connectivity index (χ4n) is 3.81. The van der Waals surface area contributed by atoms with Crippen LogP contribution in [-0.2, 0) is 0 Å². The smallest absolute Gasteiger partial charge is 0.488 e. The maximum absolute atomic E-state index is 8.58. The summed E-state index contributed by atoms with van der Waals surface area (Å²) in [5.74, 6) is 1.07. The predicted molar refractivity (Wildman–Crippen MR) is 120 cm³/mol. The van der Waals surface area contributed by atoms with Gasteiger partial charge in [0.1, 0.15) is 5.75 Å². The molecule has 2 aliphatic rings. The Hall–Kier alpha value is -2.32. The molecule has 5 rings (SSSR count). The number of benzene rings is 2.